The molecule has 0 atom stereocenters. The Morgan fingerprint density at radius 3 is 2.40 bits per heavy atom. The number of benzene rings is 2. The summed E-state index contributed by atoms with van der Waals surface area (Å²) in [6.45, 7) is -0.370. The van der Waals surface area contributed by atoms with Crippen molar-refractivity contribution in [1.29, 1.82) is 0 Å². The van der Waals surface area contributed by atoms with E-state index in [1.54, 1.807) is 24.3 Å². The van der Waals surface area contributed by atoms with Crippen LogP contribution in [-0.2, 0) is 14.8 Å². The third kappa shape index (κ3) is 6.26. The molecule has 1 N–H and O–H groups in total. The molecule has 0 aromatic heterocycles. The highest BCUT2D eigenvalue weighted by molar-refractivity contribution is 9.10. The Hall–Kier alpha value is -1.71. The Morgan fingerprint density at radius 2 is 1.80 bits per heavy atom. The van der Waals surface area contributed by atoms with Crippen LogP contribution in [-0.4, -0.2) is 33.3 Å². The van der Waals surface area contributed by atoms with Crippen molar-refractivity contribution in [2.45, 2.75) is 0 Å². The number of rotatable bonds is 6. The van der Waals surface area contributed by atoms with Gasteiger partial charge >= 0.3 is 0 Å². The van der Waals surface area contributed by atoms with E-state index in [0.717, 1.165) is 20.6 Å². The van der Waals surface area contributed by atoms with Crippen LogP contribution < -0.4 is 9.73 Å². The minimum atomic E-state index is -3.62. The summed E-state index contributed by atoms with van der Waals surface area (Å²) in [5.74, 6) is -0.545. The zero-order valence-electron chi connectivity index (χ0n) is 13.2. The number of sulfonamides is 1. The van der Waals surface area contributed by atoms with E-state index in [-0.39, 0.29) is 6.54 Å². The maximum absolute atomic E-state index is 12.1. The van der Waals surface area contributed by atoms with Gasteiger partial charge in [-0.3, -0.25) is 9.10 Å². The average Bonchev–Trinajstić information content (AvgIpc) is 2.51. The molecule has 0 radical (unpaired) electrons. The molecule has 0 aliphatic rings. The topological polar surface area (TPSA) is 78.8 Å². The number of anilines is 1. The van der Waals surface area contributed by atoms with E-state index in [1.165, 1.54) is 6.21 Å². The Balaban J connectivity index is 2.07. The molecule has 2 aromatic carbocycles. The Kier molecular flexibility index (Phi) is 6.74. The molecule has 6 nitrogen and oxygen atoms in total. The Labute approximate surface area is 163 Å². The van der Waals surface area contributed by atoms with E-state index in [2.05, 4.69) is 42.4 Å². The fraction of sp³-hybridized carbons (Fsp3) is 0.125. The number of nitrogens with one attached hydrogen (secondary N) is 1. The van der Waals surface area contributed by atoms with E-state index in [4.69, 9.17) is 0 Å². The van der Waals surface area contributed by atoms with Gasteiger partial charge in [0, 0.05) is 8.95 Å². The van der Waals surface area contributed by atoms with Gasteiger partial charge in [0.25, 0.3) is 5.91 Å². The summed E-state index contributed by atoms with van der Waals surface area (Å²) in [6, 6.07) is 14.1. The molecule has 25 heavy (non-hydrogen) atoms. The number of nitrogens with zero attached hydrogens (tertiary/aromatic N) is 2. The van der Waals surface area contributed by atoms with Gasteiger partial charge < -0.3 is 0 Å². The van der Waals surface area contributed by atoms with E-state index in [1.807, 2.05) is 24.3 Å². The average molecular weight is 489 g/mol. The summed E-state index contributed by atoms with van der Waals surface area (Å²) in [7, 11) is -3.62. The van der Waals surface area contributed by atoms with E-state index in [0.29, 0.717) is 10.2 Å². The van der Waals surface area contributed by atoms with Gasteiger partial charge in [0.1, 0.15) is 6.54 Å². The largest absolute Gasteiger partial charge is 0.271 e. The number of hydrazone groups is 1. The minimum Gasteiger partial charge on any atom is -0.271 e. The van der Waals surface area contributed by atoms with E-state index >= 15 is 0 Å². The number of halogens is 2. The number of carbonyl (C=O) groups excluding carboxylic acids is 1. The lowest BCUT2D eigenvalue weighted by atomic mass is 10.2. The standard InChI is InChI=1S/C16H15Br2N3O3S/c1-25(23,24)21(15-7-3-6-14(18)9-15)11-16(22)20-19-10-12-4-2-5-13(17)8-12/h2-10H,11H2,1H3,(H,20,22)/b19-10+. The highest BCUT2D eigenvalue weighted by Gasteiger charge is 2.20. The molecule has 0 spiro atoms. The zero-order valence-corrected chi connectivity index (χ0v) is 17.2. The van der Waals surface area contributed by atoms with Gasteiger partial charge in [-0.05, 0) is 35.9 Å². The minimum absolute atomic E-state index is 0.370. The quantitative estimate of drug-likeness (QED) is 0.501. The molecule has 2 rings (SSSR count). The lowest BCUT2D eigenvalue weighted by Gasteiger charge is -2.21. The summed E-state index contributed by atoms with van der Waals surface area (Å²) in [5, 5.41) is 3.85. The van der Waals surface area contributed by atoms with Crippen LogP contribution in [0.2, 0.25) is 0 Å². The van der Waals surface area contributed by atoms with Crippen molar-refractivity contribution < 1.29 is 13.2 Å². The van der Waals surface area contributed by atoms with Crippen molar-refractivity contribution in [3.8, 4) is 0 Å². The Morgan fingerprint density at radius 1 is 1.16 bits per heavy atom. The zero-order chi connectivity index (χ0) is 18.4. The van der Waals surface area contributed by atoms with E-state index in [9.17, 15) is 13.2 Å². The molecule has 0 saturated carbocycles. The van der Waals surface area contributed by atoms with Gasteiger partial charge in [0.15, 0.2) is 0 Å². The number of amides is 1. The smallest absolute Gasteiger partial charge is 0.260 e. The molecular weight excluding hydrogens is 474 g/mol. The summed E-state index contributed by atoms with van der Waals surface area (Å²) < 4.78 is 26.6. The second-order valence-corrected chi connectivity index (χ2v) is 8.84. The second-order valence-electron chi connectivity index (χ2n) is 5.10. The van der Waals surface area contributed by atoms with Crippen molar-refractivity contribution in [3.05, 3.63) is 63.0 Å². The first-order valence-corrected chi connectivity index (χ1v) is 10.5. The summed E-state index contributed by atoms with van der Waals surface area (Å²) >= 11 is 6.63. The van der Waals surface area contributed by atoms with Crippen molar-refractivity contribution in [2.75, 3.05) is 17.1 Å². The molecule has 0 unspecified atom stereocenters. The molecular formula is C16H15Br2N3O3S. The van der Waals surface area contributed by atoms with Crippen LogP contribution in [0, 0.1) is 0 Å². The highest BCUT2D eigenvalue weighted by Crippen LogP contribution is 2.21. The van der Waals surface area contributed by atoms with Crippen LogP contribution >= 0.6 is 31.9 Å². The molecule has 0 aliphatic heterocycles. The van der Waals surface area contributed by atoms with E-state index < -0.39 is 15.9 Å². The first-order chi connectivity index (χ1) is 11.8. The van der Waals surface area contributed by atoms with Crippen molar-refractivity contribution in [2.24, 2.45) is 5.10 Å². The fourth-order valence-electron chi connectivity index (χ4n) is 1.96. The van der Waals surface area contributed by atoms with Gasteiger partial charge in [0.05, 0.1) is 18.2 Å². The molecule has 9 heteroatoms. The van der Waals surface area contributed by atoms with Crippen LogP contribution in [0.25, 0.3) is 0 Å². The van der Waals surface area contributed by atoms with Gasteiger partial charge in [-0.2, -0.15) is 5.10 Å². The van der Waals surface area contributed by atoms with Crippen LogP contribution in [0.5, 0.6) is 0 Å². The molecule has 0 saturated heterocycles. The Bertz CT molecular complexity index is 901. The van der Waals surface area contributed by atoms with Crippen molar-refractivity contribution >= 4 is 59.7 Å². The first-order valence-electron chi connectivity index (χ1n) is 7.06. The lowest BCUT2D eigenvalue weighted by molar-refractivity contribution is -0.119. The third-order valence-electron chi connectivity index (χ3n) is 3.04. The predicted octanol–water partition coefficient (Wildman–Crippen LogP) is 3.13. The molecule has 132 valence electrons. The number of hydrogen-bond donors (Lipinski definition) is 1. The lowest BCUT2D eigenvalue weighted by Crippen LogP contribution is -2.39. The first kappa shape index (κ1) is 19.6. The summed E-state index contributed by atoms with van der Waals surface area (Å²) in [5.41, 5.74) is 3.52. The number of hydrogen-bond acceptors (Lipinski definition) is 4. The van der Waals surface area contributed by atoms with Gasteiger partial charge in [0.2, 0.25) is 10.0 Å². The number of carbonyl (C=O) groups is 1. The van der Waals surface area contributed by atoms with Crippen molar-refractivity contribution in [3.63, 3.8) is 0 Å². The molecule has 1 amide bonds. The van der Waals surface area contributed by atoms with Crippen LogP contribution in [0.15, 0.2) is 62.6 Å². The molecule has 0 aliphatic carbocycles. The van der Waals surface area contributed by atoms with Crippen LogP contribution in [0.1, 0.15) is 5.56 Å². The van der Waals surface area contributed by atoms with Gasteiger partial charge in [-0.1, -0.05) is 50.1 Å². The SMILES string of the molecule is CS(=O)(=O)N(CC(=O)N/N=C/c1cccc(Br)c1)c1cccc(Br)c1. The summed E-state index contributed by atoms with van der Waals surface area (Å²) in [6.07, 6.45) is 2.53. The molecule has 0 fully saturated rings. The third-order valence-corrected chi connectivity index (χ3v) is 5.16. The maximum atomic E-state index is 12.1. The van der Waals surface area contributed by atoms with Crippen LogP contribution in [0.3, 0.4) is 0 Å². The maximum Gasteiger partial charge on any atom is 0.260 e. The van der Waals surface area contributed by atoms with Crippen molar-refractivity contribution in [1.82, 2.24) is 5.43 Å². The summed E-state index contributed by atoms with van der Waals surface area (Å²) in [4.78, 5) is 12.1. The predicted molar refractivity (Wildman–Crippen MR) is 106 cm³/mol. The molecule has 2 aromatic rings. The molecule has 0 bridgehead atoms. The van der Waals surface area contributed by atoms with Crippen LogP contribution in [0.4, 0.5) is 5.69 Å². The fourth-order valence-corrected chi connectivity index (χ4v) is 3.62. The molecule has 0 heterocycles. The monoisotopic (exact) mass is 487 g/mol. The second kappa shape index (κ2) is 8.59. The van der Waals surface area contributed by atoms with Gasteiger partial charge in [-0.15, -0.1) is 0 Å². The highest BCUT2D eigenvalue weighted by atomic mass is 79.9. The van der Waals surface area contributed by atoms with Gasteiger partial charge in [-0.25, -0.2) is 13.8 Å². The normalized spacial score (nSPS) is 11.5.